The SMILES string of the molecule is Cc1ccc(-c2cnc(CCC(=O)OCC(=O)Nc3ccc4c(c3)C(=O)N(C)C4=O)o2)cc1. The molecule has 0 bridgehead atoms. The monoisotopic (exact) mass is 447 g/mol. The van der Waals surface area contributed by atoms with E-state index in [0.29, 0.717) is 17.3 Å². The van der Waals surface area contributed by atoms with Crippen molar-refractivity contribution in [3.63, 3.8) is 0 Å². The van der Waals surface area contributed by atoms with Gasteiger partial charge in [-0.2, -0.15) is 0 Å². The third-order valence-corrected chi connectivity index (χ3v) is 5.17. The lowest BCUT2D eigenvalue weighted by Crippen LogP contribution is -2.24. The van der Waals surface area contributed by atoms with Gasteiger partial charge in [-0.1, -0.05) is 29.8 Å². The standard InChI is InChI=1S/C24H21N3O6/c1-14-3-5-15(6-4-14)19-12-25-21(33-19)9-10-22(29)32-13-20(28)26-16-7-8-17-18(11-16)24(31)27(2)23(17)30/h3-8,11-12H,9-10,13H2,1-2H3,(H,26,28). The molecule has 3 aromatic rings. The molecular weight excluding hydrogens is 426 g/mol. The van der Waals surface area contributed by atoms with Gasteiger partial charge < -0.3 is 14.5 Å². The first kappa shape index (κ1) is 21.9. The number of ether oxygens (including phenoxy) is 1. The zero-order valence-electron chi connectivity index (χ0n) is 18.1. The van der Waals surface area contributed by atoms with E-state index in [9.17, 15) is 19.2 Å². The van der Waals surface area contributed by atoms with Crippen LogP contribution < -0.4 is 5.32 Å². The lowest BCUT2D eigenvalue weighted by atomic mass is 10.1. The maximum absolute atomic E-state index is 12.1. The van der Waals surface area contributed by atoms with E-state index in [0.717, 1.165) is 16.0 Å². The van der Waals surface area contributed by atoms with Crippen molar-refractivity contribution < 1.29 is 28.3 Å². The van der Waals surface area contributed by atoms with Gasteiger partial charge in [-0.25, -0.2) is 4.98 Å². The van der Waals surface area contributed by atoms with Crippen LogP contribution in [0.4, 0.5) is 5.69 Å². The summed E-state index contributed by atoms with van der Waals surface area (Å²) in [6.45, 7) is 1.51. The molecule has 33 heavy (non-hydrogen) atoms. The van der Waals surface area contributed by atoms with Crippen molar-refractivity contribution in [2.24, 2.45) is 0 Å². The van der Waals surface area contributed by atoms with E-state index >= 15 is 0 Å². The molecule has 0 fully saturated rings. The molecule has 0 unspecified atom stereocenters. The number of carbonyl (C=O) groups is 4. The zero-order valence-corrected chi connectivity index (χ0v) is 18.1. The Kier molecular flexibility index (Phi) is 6.03. The summed E-state index contributed by atoms with van der Waals surface area (Å²) in [7, 11) is 1.39. The second-order valence-corrected chi connectivity index (χ2v) is 7.62. The van der Waals surface area contributed by atoms with Crippen LogP contribution >= 0.6 is 0 Å². The minimum atomic E-state index is -0.573. The highest BCUT2D eigenvalue weighted by molar-refractivity contribution is 6.21. The number of esters is 1. The molecule has 0 spiro atoms. The topological polar surface area (TPSA) is 119 Å². The number of imide groups is 1. The normalized spacial score (nSPS) is 12.6. The number of oxazole rings is 1. The smallest absolute Gasteiger partial charge is 0.306 e. The van der Waals surface area contributed by atoms with Crippen LogP contribution in [0.1, 0.15) is 38.6 Å². The molecule has 2 aromatic carbocycles. The number of carbonyl (C=O) groups excluding carboxylic acids is 4. The van der Waals surface area contributed by atoms with E-state index in [1.165, 1.54) is 25.2 Å². The first-order valence-electron chi connectivity index (χ1n) is 10.3. The minimum Gasteiger partial charge on any atom is -0.456 e. The molecule has 1 aromatic heterocycles. The number of hydrogen-bond acceptors (Lipinski definition) is 7. The Bertz CT molecular complexity index is 1250. The highest BCUT2D eigenvalue weighted by atomic mass is 16.5. The van der Waals surface area contributed by atoms with Gasteiger partial charge in [-0.05, 0) is 25.1 Å². The van der Waals surface area contributed by atoms with Gasteiger partial charge >= 0.3 is 5.97 Å². The van der Waals surface area contributed by atoms with Gasteiger partial charge in [0.1, 0.15) is 0 Å². The summed E-state index contributed by atoms with van der Waals surface area (Å²) >= 11 is 0. The molecule has 0 saturated carbocycles. The van der Waals surface area contributed by atoms with Crippen LogP contribution in [-0.2, 0) is 20.7 Å². The summed E-state index contributed by atoms with van der Waals surface area (Å²) in [6, 6.07) is 12.2. The molecule has 9 heteroatoms. The number of amides is 3. The van der Waals surface area contributed by atoms with Gasteiger partial charge in [0.2, 0.25) is 0 Å². The average molecular weight is 447 g/mol. The number of fused-ring (bicyclic) bond motifs is 1. The maximum Gasteiger partial charge on any atom is 0.306 e. The van der Waals surface area contributed by atoms with Gasteiger partial charge in [0.15, 0.2) is 18.3 Å². The Hall–Kier alpha value is -4.27. The number of hydrogen-bond donors (Lipinski definition) is 1. The predicted molar refractivity (Wildman–Crippen MR) is 117 cm³/mol. The predicted octanol–water partition coefficient (Wildman–Crippen LogP) is 2.99. The van der Waals surface area contributed by atoms with Crippen molar-refractivity contribution in [3.8, 4) is 11.3 Å². The van der Waals surface area contributed by atoms with Crippen molar-refractivity contribution in [1.82, 2.24) is 9.88 Å². The molecule has 0 atom stereocenters. The van der Waals surface area contributed by atoms with Crippen LogP contribution in [0.25, 0.3) is 11.3 Å². The van der Waals surface area contributed by atoms with Crippen LogP contribution in [0.15, 0.2) is 53.1 Å². The van der Waals surface area contributed by atoms with Gasteiger partial charge in [0.25, 0.3) is 17.7 Å². The van der Waals surface area contributed by atoms with E-state index in [-0.39, 0.29) is 29.9 Å². The average Bonchev–Trinajstić information content (AvgIpc) is 3.36. The first-order valence-corrected chi connectivity index (χ1v) is 10.3. The summed E-state index contributed by atoms with van der Waals surface area (Å²) in [6.07, 6.45) is 1.84. The summed E-state index contributed by atoms with van der Waals surface area (Å²) in [5, 5.41) is 2.55. The molecule has 2 heterocycles. The summed E-state index contributed by atoms with van der Waals surface area (Å²) in [5.41, 5.74) is 2.85. The van der Waals surface area contributed by atoms with E-state index in [1.807, 2.05) is 31.2 Å². The highest BCUT2D eigenvalue weighted by Gasteiger charge is 2.32. The van der Waals surface area contributed by atoms with Crippen molar-refractivity contribution in [2.75, 3.05) is 19.0 Å². The molecule has 168 valence electrons. The lowest BCUT2D eigenvalue weighted by molar-refractivity contribution is -0.147. The Morgan fingerprint density at radius 2 is 1.79 bits per heavy atom. The summed E-state index contributed by atoms with van der Waals surface area (Å²) in [4.78, 5) is 53.3. The minimum absolute atomic E-state index is 0.00290. The molecule has 4 rings (SSSR count). The number of anilines is 1. The van der Waals surface area contributed by atoms with Gasteiger partial charge in [0, 0.05) is 24.7 Å². The summed E-state index contributed by atoms with van der Waals surface area (Å²) < 4.78 is 10.7. The number of nitrogens with zero attached hydrogens (tertiary/aromatic N) is 2. The third kappa shape index (κ3) is 4.82. The molecular formula is C24H21N3O6. The van der Waals surface area contributed by atoms with Crippen LogP contribution in [0.5, 0.6) is 0 Å². The molecule has 9 nitrogen and oxygen atoms in total. The Morgan fingerprint density at radius 1 is 1.06 bits per heavy atom. The van der Waals surface area contributed by atoms with Crippen LogP contribution in [-0.4, -0.2) is 47.2 Å². The molecule has 1 aliphatic rings. The van der Waals surface area contributed by atoms with E-state index in [2.05, 4.69) is 10.3 Å². The Labute approximate surface area is 189 Å². The second kappa shape index (κ2) is 9.07. The van der Waals surface area contributed by atoms with Crippen LogP contribution in [0, 0.1) is 6.92 Å². The van der Waals surface area contributed by atoms with E-state index in [1.54, 1.807) is 6.20 Å². The number of rotatable bonds is 7. The van der Waals surface area contributed by atoms with Gasteiger partial charge in [0.05, 0.1) is 23.7 Å². The number of nitrogens with one attached hydrogen (secondary N) is 1. The lowest BCUT2D eigenvalue weighted by Gasteiger charge is -2.07. The molecule has 3 amide bonds. The number of benzene rings is 2. The second-order valence-electron chi connectivity index (χ2n) is 7.62. The van der Waals surface area contributed by atoms with Crippen molar-refractivity contribution in [1.29, 1.82) is 0 Å². The number of aromatic nitrogens is 1. The summed E-state index contributed by atoms with van der Waals surface area (Å²) in [5.74, 6) is -0.955. The fraction of sp³-hybridized carbons (Fsp3) is 0.208. The molecule has 0 saturated heterocycles. The zero-order chi connectivity index (χ0) is 23.5. The Balaban J connectivity index is 1.24. The highest BCUT2D eigenvalue weighted by Crippen LogP contribution is 2.25. The van der Waals surface area contributed by atoms with Crippen molar-refractivity contribution in [3.05, 3.63) is 71.2 Å². The van der Waals surface area contributed by atoms with Crippen LogP contribution in [0.2, 0.25) is 0 Å². The van der Waals surface area contributed by atoms with E-state index < -0.39 is 24.4 Å². The number of aryl methyl sites for hydroxylation is 2. The molecule has 1 aliphatic heterocycles. The van der Waals surface area contributed by atoms with E-state index in [4.69, 9.17) is 9.15 Å². The van der Waals surface area contributed by atoms with Crippen molar-refractivity contribution in [2.45, 2.75) is 19.8 Å². The van der Waals surface area contributed by atoms with Crippen LogP contribution in [0.3, 0.4) is 0 Å². The van der Waals surface area contributed by atoms with Gasteiger partial charge in [-0.3, -0.25) is 24.1 Å². The third-order valence-electron chi connectivity index (χ3n) is 5.17. The molecule has 0 radical (unpaired) electrons. The Morgan fingerprint density at radius 3 is 2.55 bits per heavy atom. The molecule has 1 N–H and O–H groups in total. The molecule has 0 aliphatic carbocycles. The van der Waals surface area contributed by atoms with Crippen molar-refractivity contribution >= 4 is 29.4 Å². The fourth-order valence-corrected chi connectivity index (χ4v) is 3.34. The largest absolute Gasteiger partial charge is 0.456 e. The maximum atomic E-state index is 12.1. The first-order chi connectivity index (χ1) is 15.8. The fourth-order valence-electron chi connectivity index (χ4n) is 3.34. The quantitative estimate of drug-likeness (QED) is 0.437. The van der Waals surface area contributed by atoms with Gasteiger partial charge in [-0.15, -0.1) is 0 Å².